The van der Waals surface area contributed by atoms with Crippen molar-refractivity contribution in [2.45, 2.75) is 116 Å². The Bertz CT molecular complexity index is 503. The summed E-state index contributed by atoms with van der Waals surface area (Å²) in [7, 11) is 0. The van der Waals surface area contributed by atoms with E-state index in [2.05, 4.69) is 6.92 Å². The third-order valence-corrected chi connectivity index (χ3v) is 5.85. The topological polar surface area (TPSA) is 40.5 Å². The normalized spacial score (nSPS) is 11.0. The lowest BCUT2D eigenvalue weighted by atomic mass is 10.0. The van der Waals surface area contributed by atoms with Crippen LogP contribution in [0.4, 0.5) is 5.69 Å². The average molecular weight is 404 g/mol. The fourth-order valence-electron chi connectivity index (χ4n) is 3.98. The molecule has 3 nitrogen and oxygen atoms in total. The summed E-state index contributed by atoms with van der Waals surface area (Å²) in [6.07, 6.45) is 22.5. The summed E-state index contributed by atoms with van der Waals surface area (Å²) < 4.78 is 0. The Morgan fingerprint density at radius 2 is 1.17 bits per heavy atom. The molecule has 1 aromatic rings. The van der Waals surface area contributed by atoms with E-state index in [1.165, 1.54) is 96.3 Å². The van der Waals surface area contributed by atoms with Crippen molar-refractivity contribution >= 4 is 12.1 Å². The van der Waals surface area contributed by atoms with Crippen molar-refractivity contribution in [1.29, 1.82) is 0 Å². The molecule has 0 spiro atoms. The predicted molar refractivity (Wildman–Crippen MR) is 125 cm³/mol. The summed E-state index contributed by atoms with van der Waals surface area (Å²) in [5.41, 5.74) is 1.65. The lowest BCUT2D eigenvalue weighted by molar-refractivity contribution is -0.107. The molecule has 166 valence electrons. The fraction of sp³-hybridized carbons (Fsp3) is 0.731. The van der Waals surface area contributed by atoms with Crippen LogP contribution in [-0.4, -0.2) is 18.1 Å². The maximum Gasteiger partial charge on any atom is 0.214 e. The number of carbonyl (C=O) groups is 1. The van der Waals surface area contributed by atoms with Crippen LogP contribution in [0.25, 0.3) is 0 Å². The summed E-state index contributed by atoms with van der Waals surface area (Å²) in [6.45, 7) is 2.99. The maximum absolute atomic E-state index is 11.4. The molecule has 0 aliphatic rings. The van der Waals surface area contributed by atoms with Crippen LogP contribution in [-0.2, 0) is 11.4 Å². The number of carbonyl (C=O) groups excluding carboxylic acids is 1. The second-order valence-electron chi connectivity index (χ2n) is 8.39. The molecule has 1 rings (SSSR count). The van der Waals surface area contributed by atoms with E-state index in [1.54, 1.807) is 4.90 Å². The monoisotopic (exact) mass is 403 g/mol. The van der Waals surface area contributed by atoms with Crippen molar-refractivity contribution < 1.29 is 9.90 Å². The third kappa shape index (κ3) is 12.7. The molecular weight excluding hydrogens is 358 g/mol. The lowest BCUT2D eigenvalue weighted by Crippen LogP contribution is -2.23. The molecule has 0 aliphatic carbocycles. The van der Waals surface area contributed by atoms with Gasteiger partial charge in [0.1, 0.15) is 0 Å². The summed E-state index contributed by atoms with van der Waals surface area (Å²) >= 11 is 0. The van der Waals surface area contributed by atoms with E-state index < -0.39 is 0 Å². The van der Waals surface area contributed by atoms with Gasteiger partial charge in [-0.1, -0.05) is 121 Å². The molecule has 29 heavy (non-hydrogen) atoms. The molecule has 0 saturated heterocycles. The van der Waals surface area contributed by atoms with Gasteiger partial charge in [-0.05, 0) is 12.5 Å². The van der Waals surface area contributed by atoms with Crippen molar-refractivity contribution in [2.75, 3.05) is 11.4 Å². The minimum Gasteiger partial charge on any atom is -0.392 e. The third-order valence-electron chi connectivity index (χ3n) is 5.85. The first-order valence-electron chi connectivity index (χ1n) is 12.2. The number of hydrogen-bond donors (Lipinski definition) is 1. The molecule has 0 unspecified atom stereocenters. The molecule has 0 fully saturated rings. The Kier molecular flexibility index (Phi) is 16.5. The first-order chi connectivity index (χ1) is 14.3. The van der Waals surface area contributed by atoms with Gasteiger partial charge in [-0.2, -0.15) is 0 Å². The predicted octanol–water partition coefficient (Wildman–Crippen LogP) is 7.40. The molecule has 0 atom stereocenters. The number of anilines is 1. The Hall–Kier alpha value is -1.35. The van der Waals surface area contributed by atoms with Gasteiger partial charge in [0.25, 0.3) is 0 Å². The minimum absolute atomic E-state index is 0.0283. The number of aliphatic hydroxyl groups is 1. The Balaban J connectivity index is 1.92. The van der Waals surface area contributed by atoms with Crippen molar-refractivity contribution in [3.8, 4) is 0 Å². The number of rotatable bonds is 20. The van der Waals surface area contributed by atoms with Crippen molar-refractivity contribution in [3.05, 3.63) is 29.8 Å². The molecular formula is C26H45NO2. The van der Waals surface area contributed by atoms with Gasteiger partial charge in [0, 0.05) is 17.8 Å². The summed E-state index contributed by atoms with van der Waals surface area (Å²) in [5, 5.41) is 9.43. The van der Waals surface area contributed by atoms with E-state index in [9.17, 15) is 9.90 Å². The van der Waals surface area contributed by atoms with Gasteiger partial charge in [-0.3, -0.25) is 4.79 Å². The van der Waals surface area contributed by atoms with Gasteiger partial charge < -0.3 is 10.0 Å². The molecule has 1 aromatic carbocycles. The van der Waals surface area contributed by atoms with Gasteiger partial charge in [0.15, 0.2) is 0 Å². The largest absolute Gasteiger partial charge is 0.392 e. The first kappa shape index (κ1) is 25.7. The van der Waals surface area contributed by atoms with Gasteiger partial charge in [0.05, 0.1) is 6.61 Å². The van der Waals surface area contributed by atoms with E-state index in [-0.39, 0.29) is 6.61 Å². The number of aliphatic hydroxyl groups excluding tert-OH is 1. The summed E-state index contributed by atoms with van der Waals surface area (Å²) in [5.74, 6) is 0. The number of unbranched alkanes of at least 4 members (excludes halogenated alkanes) is 15. The fourth-order valence-corrected chi connectivity index (χ4v) is 3.98. The Morgan fingerprint density at radius 3 is 1.62 bits per heavy atom. The molecule has 0 heterocycles. The highest BCUT2D eigenvalue weighted by molar-refractivity contribution is 5.76. The van der Waals surface area contributed by atoms with E-state index in [1.807, 2.05) is 24.3 Å². The van der Waals surface area contributed by atoms with Crippen LogP contribution in [0.1, 0.15) is 115 Å². The highest BCUT2D eigenvalue weighted by atomic mass is 16.3. The van der Waals surface area contributed by atoms with Crippen molar-refractivity contribution in [3.63, 3.8) is 0 Å². The van der Waals surface area contributed by atoms with E-state index in [4.69, 9.17) is 0 Å². The highest BCUT2D eigenvalue weighted by Crippen LogP contribution is 2.20. The summed E-state index contributed by atoms with van der Waals surface area (Å²) in [6, 6.07) is 7.59. The van der Waals surface area contributed by atoms with E-state index in [0.29, 0.717) is 0 Å². The molecule has 0 saturated carbocycles. The standard InChI is InChI=1S/C26H45NO2/c1-2-3-4-5-6-7-8-9-10-11-12-13-14-15-16-19-22-27(24-29)26-21-18-17-20-25(26)23-28/h17-18,20-21,24,28H,2-16,19,22-23H2,1H3. The van der Waals surface area contributed by atoms with E-state index in [0.717, 1.165) is 30.6 Å². The number of hydrogen-bond acceptors (Lipinski definition) is 2. The molecule has 0 radical (unpaired) electrons. The SMILES string of the molecule is CCCCCCCCCCCCCCCCCCN(C=O)c1ccccc1CO. The van der Waals surface area contributed by atoms with Crippen LogP contribution >= 0.6 is 0 Å². The first-order valence-corrected chi connectivity index (χ1v) is 12.2. The zero-order chi connectivity index (χ0) is 21.0. The van der Waals surface area contributed by atoms with Gasteiger partial charge in [-0.15, -0.1) is 0 Å². The zero-order valence-corrected chi connectivity index (χ0v) is 18.9. The second-order valence-corrected chi connectivity index (χ2v) is 8.39. The quantitative estimate of drug-likeness (QED) is 0.182. The van der Waals surface area contributed by atoms with Crippen LogP contribution in [0.2, 0.25) is 0 Å². The highest BCUT2D eigenvalue weighted by Gasteiger charge is 2.09. The van der Waals surface area contributed by atoms with Gasteiger partial charge in [-0.25, -0.2) is 0 Å². The zero-order valence-electron chi connectivity index (χ0n) is 18.9. The van der Waals surface area contributed by atoms with Crippen LogP contribution in [0, 0.1) is 0 Å². The smallest absolute Gasteiger partial charge is 0.214 e. The maximum atomic E-state index is 11.4. The van der Waals surface area contributed by atoms with E-state index >= 15 is 0 Å². The molecule has 3 heteroatoms. The minimum atomic E-state index is -0.0283. The average Bonchev–Trinajstić information content (AvgIpc) is 2.76. The van der Waals surface area contributed by atoms with Crippen LogP contribution in [0.5, 0.6) is 0 Å². The molecule has 0 aliphatic heterocycles. The van der Waals surface area contributed by atoms with Gasteiger partial charge >= 0.3 is 0 Å². The Labute approximate surface area is 179 Å². The molecule has 0 aromatic heterocycles. The lowest BCUT2D eigenvalue weighted by Gasteiger charge is -2.20. The van der Waals surface area contributed by atoms with Crippen LogP contribution in [0.15, 0.2) is 24.3 Å². The summed E-state index contributed by atoms with van der Waals surface area (Å²) in [4.78, 5) is 13.1. The van der Waals surface area contributed by atoms with Crippen molar-refractivity contribution in [1.82, 2.24) is 0 Å². The molecule has 1 amide bonds. The molecule has 1 N–H and O–H groups in total. The van der Waals surface area contributed by atoms with Gasteiger partial charge in [0.2, 0.25) is 6.41 Å². The number of benzene rings is 1. The van der Waals surface area contributed by atoms with Crippen molar-refractivity contribution in [2.24, 2.45) is 0 Å². The number of para-hydroxylation sites is 1. The number of amides is 1. The Morgan fingerprint density at radius 1 is 0.724 bits per heavy atom. The van der Waals surface area contributed by atoms with Crippen LogP contribution < -0.4 is 4.90 Å². The van der Waals surface area contributed by atoms with Crippen LogP contribution in [0.3, 0.4) is 0 Å². The second kappa shape index (κ2) is 18.7. The molecule has 0 bridgehead atoms. The number of nitrogens with zero attached hydrogens (tertiary/aromatic N) is 1.